The molecule has 2 amide bonds. The van der Waals surface area contributed by atoms with Gasteiger partial charge < -0.3 is 10.2 Å². The number of hydrogen-bond donors (Lipinski definition) is 1. The van der Waals surface area contributed by atoms with E-state index in [1.54, 1.807) is 4.90 Å². The van der Waals surface area contributed by atoms with E-state index in [0.29, 0.717) is 13.0 Å². The Morgan fingerprint density at radius 2 is 1.87 bits per heavy atom. The number of amides is 2. The molecule has 2 aromatic carbocycles. The van der Waals surface area contributed by atoms with Gasteiger partial charge in [0.25, 0.3) is 0 Å². The number of piperidine rings is 1. The van der Waals surface area contributed by atoms with Gasteiger partial charge in [0.1, 0.15) is 0 Å². The predicted molar refractivity (Wildman–Crippen MR) is 115 cm³/mol. The Labute approximate surface area is 186 Å². The summed E-state index contributed by atoms with van der Waals surface area (Å²) in [6.07, 6.45) is 0.412. The number of nitrogens with zero attached hydrogens (tertiary/aromatic N) is 1. The third-order valence-corrected chi connectivity index (χ3v) is 6.54. The Balaban J connectivity index is 1.57. The van der Waals surface area contributed by atoms with Crippen molar-refractivity contribution in [2.45, 2.75) is 19.0 Å². The van der Waals surface area contributed by atoms with E-state index in [9.17, 15) is 22.8 Å². The van der Waals surface area contributed by atoms with Gasteiger partial charge in [-0.2, -0.15) is 13.2 Å². The maximum absolute atomic E-state index is 13.3. The van der Waals surface area contributed by atoms with Gasteiger partial charge in [-0.3, -0.25) is 9.59 Å². The SMILES string of the molecule is O=C(Nc1ccc(Br)c(C(F)(F)F)c1)[C@H]1CC=CC2CCN(c3ccccc3)C(=O)C21. The normalized spacial score (nSPS) is 23.4. The Morgan fingerprint density at radius 1 is 1.13 bits per heavy atom. The number of para-hydroxylation sites is 1. The maximum atomic E-state index is 13.3. The van der Waals surface area contributed by atoms with E-state index in [4.69, 9.17) is 0 Å². The molecule has 0 spiro atoms. The number of hydrogen-bond acceptors (Lipinski definition) is 2. The number of rotatable bonds is 3. The number of benzene rings is 2. The van der Waals surface area contributed by atoms with Crippen LogP contribution in [0, 0.1) is 17.8 Å². The Morgan fingerprint density at radius 3 is 2.58 bits per heavy atom. The molecule has 1 aliphatic heterocycles. The number of alkyl halides is 3. The molecule has 1 saturated heterocycles. The largest absolute Gasteiger partial charge is 0.417 e. The average Bonchev–Trinajstić information content (AvgIpc) is 2.75. The highest BCUT2D eigenvalue weighted by Gasteiger charge is 2.45. The summed E-state index contributed by atoms with van der Waals surface area (Å²) >= 11 is 2.90. The summed E-state index contributed by atoms with van der Waals surface area (Å²) in [4.78, 5) is 28.1. The van der Waals surface area contributed by atoms with Crippen molar-refractivity contribution >= 4 is 39.1 Å². The van der Waals surface area contributed by atoms with Crippen molar-refractivity contribution in [1.82, 2.24) is 0 Å². The first-order valence-corrected chi connectivity index (χ1v) is 10.8. The summed E-state index contributed by atoms with van der Waals surface area (Å²) in [5.41, 5.74) is -0.0343. The van der Waals surface area contributed by atoms with E-state index in [-0.39, 0.29) is 22.0 Å². The molecule has 0 radical (unpaired) electrons. The molecule has 31 heavy (non-hydrogen) atoms. The zero-order valence-electron chi connectivity index (χ0n) is 16.4. The molecule has 2 aliphatic rings. The van der Waals surface area contributed by atoms with Crippen molar-refractivity contribution in [3.05, 3.63) is 70.7 Å². The molecule has 8 heteroatoms. The van der Waals surface area contributed by atoms with Crippen molar-refractivity contribution in [2.24, 2.45) is 17.8 Å². The molecule has 0 bridgehead atoms. The third-order valence-electron chi connectivity index (χ3n) is 5.85. The fourth-order valence-corrected chi connectivity index (χ4v) is 4.83. The molecule has 0 aromatic heterocycles. The molecule has 4 rings (SSSR count). The summed E-state index contributed by atoms with van der Waals surface area (Å²) < 4.78 is 39.5. The molecule has 162 valence electrons. The molecule has 1 N–H and O–H groups in total. The van der Waals surface area contributed by atoms with E-state index in [1.165, 1.54) is 12.1 Å². The van der Waals surface area contributed by atoms with Crippen LogP contribution in [0.4, 0.5) is 24.5 Å². The van der Waals surface area contributed by atoms with Crippen LogP contribution in [-0.2, 0) is 15.8 Å². The Hall–Kier alpha value is -2.61. The van der Waals surface area contributed by atoms with Crippen molar-refractivity contribution < 1.29 is 22.8 Å². The Bertz CT molecular complexity index is 1020. The summed E-state index contributed by atoms with van der Waals surface area (Å²) in [6, 6.07) is 12.8. The first kappa shape index (κ1) is 21.6. The van der Waals surface area contributed by atoms with Gasteiger partial charge in [-0.1, -0.05) is 46.3 Å². The van der Waals surface area contributed by atoms with Crippen LogP contribution in [0.15, 0.2) is 65.2 Å². The Kier molecular flexibility index (Phi) is 5.92. The van der Waals surface area contributed by atoms with Crippen LogP contribution in [0.5, 0.6) is 0 Å². The minimum absolute atomic E-state index is 0.0507. The summed E-state index contributed by atoms with van der Waals surface area (Å²) in [5, 5.41) is 2.60. The van der Waals surface area contributed by atoms with Crippen molar-refractivity contribution in [1.29, 1.82) is 0 Å². The minimum Gasteiger partial charge on any atom is -0.326 e. The van der Waals surface area contributed by atoms with Gasteiger partial charge in [0.2, 0.25) is 11.8 Å². The third kappa shape index (κ3) is 4.39. The molecule has 1 aliphatic carbocycles. The van der Waals surface area contributed by atoms with Gasteiger partial charge in [0, 0.05) is 22.4 Å². The molecule has 0 saturated carbocycles. The van der Waals surface area contributed by atoms with Crippen LogP contribution >= 0.6 is 15.9 Å². The van der Waals surface area contributed by atoms with E-state index in [0.717, 1.165) is 18.2 Å². The average molecular weight is 493 g/mol. The summed E-state index contributed by atoms with van der Waals surface area (Å²) in [5.74, 6) is -1.83. The minimum atomic E-state index is -4.55. The highest BCUT2D eigenvalue weighted by atomic mass is 79.9. The molecule has 3 atom stereocenters. The van der Waals surface area contributed by atoms with Crippen LogP contribution in [0.1, 0.15) is 18.4 Å². The molecule has 1 heterocycles. The fraction of sp³-hybridized carbons (Fsp3) is 0.304. The highest BCUT2D eigenvalue weighted by Crippen LogP contribution is 2.40. The number of halogens is 4. The lowest BCUT2D eigenvalue weighted by atomic mass is 9.71. The highest BCUT2D eigenvalue weighted by molar-refractivity contribution is 9.10. The van der Waals surface area contributed by atoms with Gasteiger partial charge in [0.05, 0.1) is 17.4 Å². The molecular formula is C23H20BrF3N2O2. The van der Waals surface area contributed by atoms with E-state index in [2.05, 4.69) is 21.2 Å². The smallest absolute Gasteiger partial charge is 0.326 e. The number of carbonyl (C=O) groups excluding carboxylic acids is 2. The first-order chi connectivity index (χ1) is 14.8. The van der Waals surface area contributed by atoms with Gasteiger partial charge in [0.15, 0.2) is 0 Å². The number of carbonyl (C=O) groups is 2. The first-order valence-electron chi connectivity index (χ1n) is 9.96. The van der Waals surface area contributed by atoms with Crippen molar-refractivity contribution in [2.75, 3.05) is 16.8 Å². The lowest BCUT2D eigenvalue weighted by Crippen LogP contribution is -2.51. The van der Waals surface area contributed by atoms with E-state index >= 15 is 0 Å². The lowest BCUT2D eigenvalue weighted by Gasteiger charge is -2.41. The zero-order valence-corrected chi connectivity index (χ0v) is 18.0. The topological polar surface area (TPSA) is 49.4 Å². The van der Waals surface area contributed by atoms with Crippen LogP contribution in [0.3, 0.4) is 0 Å². The number of allylic oxidation sites excluding steroid dienone is 2. The van der Waals surface area contributed by atoms with Crippen LogP contribution in [0.2, 0.25) is 0 Å². The quantitative estimate of drug-likeness (QED) is 0.562. The standard InChI is InChI=1S/C23H20BrF3N2O2/c24-19-10-9-15(13-18(19)23(25,26)27)28-21(30)17-8-4-5-14-11-12-29(22(31)20(14)17)16-6-2-1-3-7-16/h1-7,9-10,13-14,17,20H,8,11-12H2,(H,28,30)/t14?,17-,20?/m0/s1. The van der Waals surface area contributed by atoms with Crippen LogP contribution in [0.25, 0.3) is 0 Å². The fourth-order valence-electron chi connectivity index (χ4n) is 4.35. The number of fused-ring (bicyclic) bond motifs is 1. The zero-order chi connectivity index (χ0) is 22.2. The summed E-state index contributed by atoms with van der Waals surface area (Å²) in [7, 11) is 0. The number of nitrogens with one attached hydrogen (secondary N) is 1. The molecule has 2 unspecified atom stereocenters. The van der Waals surface area contributed by atoms with Gasteiger partial charge >= 0.3 is 6.18 Å². The van der Waals surface area contributed by atoms with Gasteiger partial charge in [-0.05, 0) is 49.1 Å². The predicted octanol–water partition coefficient (Wildman–Crippen LogP) is 5.65. The van der Waals surface area contributed by atoms with Crippen molar-refractivity contribution in [3.8, 4) is 0 Å². The van der Waals surface area contributed by atoms with Gasteiger partial charge in [-0.25, -0.2) is 0 Å². The molecule has 1 fully saturated rings. The van der Waals surface area contributed by atoms with E-state index in [1.807, 2.05) is 42.5 Å². The van der Waals surface area contributed by atoms with Crippen LogP contribution in [-0.4, -0.2) is 18.4 Å². The number of anilines is 2. The second-order valence-electron chi connectivity index (χ2n) is 7.76. The molecule has 2 aromatic rings. The lowest BCUT2D eigenvalue weighted by molar-refractivity contribution is -0.138. The van der Waals surface area contributed by atoms with E-state index < -0.39 is 29.5 Å². The second-order valence-corrected chi connectivity index (χ2v) is 8.61. The van der Waals surface area contributed by atoms with Crippen LogP contribution < -0.4 is 10.2 Å². The summed E-state index contributed by atoms with van der Waals surface area (Å²) in [6.45, 7) is 0.560. The van der Waals surface area contributed by atoms with Crippen molar-refractivity contribution in [3.63, 3.8) is 0 Å². The molecular weight excluding hydrogens is 473 g/mol. The second kappa shape index (κ2) is 8.49. The molecule has 4 nitrogen and oxygen atoms in total. The maximum Gasteiger partial charge on any atom is 0.417 e. The van der Waals surface area contributed by atoms with Gasteiger partial charge in [-0.15, -0.1) is 0 Å². The monoisotopic (exact) mass is 492 g/mol.